The molecule has 1 unspecified atom stereocenters. The lowest BCUT2D eigenvalue weighted by Gasteiger charge is -2.32. The minimum Gasteiger partial charge on any atom is -0.457 e. The van der Waals surface area contributed by atoms with Gasteiger partial charge in [0.2, 0.25) is 15.9 Å². The van der Waals surface area contributed by atoms with Gasteiger partial charge >= 0.3 is 0 Å². The van der Waals surface area contributed by atoms with Crippen LogP contribution in [0.25, 0.3) is 11.0 Å². The molecule has 1 fully saturated rings. The first-order chi connectivity index (χ1) is 20.2. The third kappa shape index (κ3) is 6.03. The number of ether oxygens (including phenoxy) is 1. The number of amides is 1. The van der Waals surface area contributed by atoms with Gasteiger partial charge in [-0.05, 0) is 66.1 Å². The predicted molar refractivity (Wildman–Crippen MR) is 161 cm³/mol. The Bertz CT molecular complexity index is 1790. The number of aromatic amines is 1. The normalized spacial score (nSPS) is 18.0. The van der Waals surface area contributed by atoms with E-state index in [9.17, 15) is 22.3 Å². The van der Waals surface area contributed by atoms with E-state index in [0.29, 0.717) is 28.4 Å². The first-order valence-corrected chi connectivity index (χ1v) is 16.2. The number of carbonyl (C=O) groups is 1. The fourth-order valence-corrected chi connectivity index (χ4v) is 7.56. The van der Waals surface area contributed by atoms with Gasteiger partial charge in [0.25, 0.3) is 0 Å². The maximum atomic E-state index is 13.5. The lowest BCUT2D eigenvalue weighted by Crippen LogP contribution is -2.31. The van der Waals surface area contributed by atoms with Crippen molar-refractivity contribution in [2.45, 2.75) is 29.0 Å². The van der Waals surface area contributed by atoms with Crippen molar-refractivity contribution < 1.29 is 27.1 Å². The second kappa shape index (κ2) is 11.2. The molecular weight excluding hydrogens is 576 g/mol. The van der Waals surface area contributed by atoms with E-state index in [1.807, 2.05) is 54.6 Å². The molecule has 1 aromatic heterocycles. The molecule has 10 nitrogen and oxygen atoms in total. The van der Waals surface area contributed by atoms with Crippen LogP contribution in [0.15, 0.2) is 108 Å². The van der Waals surface area contributed by atoms with Gasteiger partial charge < -0.3 is 9.72 Å². The minimum absolute atomic E-state index is 0.0156. The first-order valence-electron chi connectivity index (χ1n) is 13.1. The van der Waals surface area contributed by atoms with Crippen molar-refractivity contribution in [3.05, 3.63) is 120 Å². The Morgan fingerprint density at radius 1 is 0.905 bits per heavy atom. The molecule has 2 atom stereocenters. The third-order valence-corrected chi connectivity index (χ3v) is 10.2. The number of aromatic nitrogens is 2. The summed E-state index contributed by atoms with van der Waals surface area (Å²) in [7, 11) is -7.25. The van der Waals surface area contributed by atoms with Gasteiger partial charge in [-0.3, -0.25) is 18.6 Å². The maximum Gasteiger partial charge on any atom is 0.241 e. The number of nitrogens with zero attached hydrogens (tertiary/aromatic N) is 1. The van der Waals surface area contributed by atoms with Crippen LogP contribution < -0.4 is 14.2 Å². The highest BCUT2D eigenvalue weighted by Crippen LogP contribution is 2.56. The number of nitrogens with one attached hydrogen (secondary N) is 3. The number of sulfonamides is 1. The number of hydrogen-bond acceptors (Lipinski definition) is 7. The van der Waals surface area contributed by atoms with Crippen molar-refractivity contribution >= 4 is 37.7 Å². The summed E-state index contributed by atoms with van der Waals surface area (Å²) in [6, 6.07) is 29.1. The van der Waals surface area contributed by atoms with Gasteiger partial charge in [0.1, 0.15) is 22.6 Å². The van der Waals surface area contributed by atoms with Crippen LogP contribution in [-0.2, 0) is 21.2 Å². The Hall–Kier alpha value is -4.20. The zero-order valence-electron chi connectivity index (χ0n) is 22.2. The summed E-state index contributed by atoms with van der Waals surface area (Å²) in [4.78, 5) is 19.7. The molecule has 2 heterocycles. The lowest BCUT2D eigenvalue weighted by atomic mass is 10.0. The molecule has 216 valence electrons. The highest BCUT2D eigenvalue weighted by molar-refractivity contribution is 8.23. The zero-order valence-corrected chi connectivity index (χ0v) is 23.8. The van der Waals surface area contributed by atoms with Gasteiger partial charge in [0.15, 0.2) is 0 Å². The molecule has 4 aromatic carbocycles. The van der Waals surface area contributed by atoms with Crippen LogP contribution in [0.5, 0.6) is 11.5 Å². The fourth-order valence-electron chi connectivity index (χ4n) is 4.88. The van der Waals surface area contributed by atoms with Crippen molar-refractivity contribution in [1.29, 1.82) is 0 Å². The van der Waals surface area contributed by atoms with E-state index in [1.54, 1.807) is 36.4 Å². The first kappa shape index (κ1) is 27.9. The molecule has 1 aliphatic rings. The summed E-state index contributed by atoms with van der Waals surface area (Å²) in [5.41, 5.74) is 2.87. The zero-order chi connectivity index (χ0) is 29.3. The quantitative estimate of drug-likeness (QED) is 0.142. The van der Waals surface area contributed by atoms with Crippen LogP contribution in [0, 0.1) is 0 Å². The highest BCUT2D eigenvalue weighted by atomic mass is 32.3. The average molecular weight is 605 g/mol. The molecule has 0 aliphatic carbocycles. The monoisotopic (exact) mass is 604 g/mol. The van der Waals surface area contributed by atoms with Crippen LogP contribution in [0.2, 0.25) is 0 Å². The summed E-state index contributed by atoms with van der Waals surface area (Å²) in [6.07, 6.45) is 0.241. The molecule has 5 N–H and O–H groups in total. The smallest absolute Gasteiger partial charge is 0.241 e. The number of rotatable bonds is 9. The van der Waals surface area contributed by atoms with E-state index in [2.05, 4.69) is 19.4 Å². The number of imidazole rings is 1. The molecule has 0 bridgehead atoms. The van der Waals surface area contributed by atoms with Crippen LogP contribution in [0.4, 0.5) is 0 Å². The van der Waals surface area contributed by atoms with Gasteiger partial charge in [0, 0.05) is 0 Å². The van der Waals surface area contributed by atoms with Crippen LogP contribution in [0.1, 0.15) is 34.7 Å². The Balaban J connectivity index is 1.25. The van der Waals surface area contributed by atoms with Gasteiger partial charge in [-0.1, -0.05) is 54.6 Å². The van der Waals surface area contributed by atoms with Crippen molar-refractivity contribution in [1.82, 2.24) is 19.4 Å². The Kier molecular flexibility index (Phi) is 7.47. The van der Waals surface area contributed by atoms with E-state index in [4.69, 9.17) is 4.74 Å². The molecule has 0 radical (unpaired) electrons. The number of H-pyrrole nitrogens is 1. The summed E-state index contributed by atoms with van der Waals surface area (Å²) in [5, 5.41) is -0.738. The number of fused-ring (bicyclic) bond motifs is 1. The number of para-hydroxylation sites is 3. The highest BCUT2D eigenvalue weighted by Gasteiger charge is 2.38. The fraction of sp³-hybridized carbons (Fsp3) is 0.133. The van der Waals surface area contributed by atoms with Gasteiger partial charge in [-0.15, -0.1) is 10.8 Å². The summed E-state index contributed by atoms with van der Waals surface area (Å²) < 4.78 is 58.4. The van der Waals surface area contributed by atoms with Gasteiger partial charge in [0.05, 0.1) is 28.4 Å². The molecule has 0 spiro atoms. The molecule has 1 amide bonds. The van der Waals surface area contributed by atoms with Crippen LogP contribution in [0.3, 0.4) is 0 Å². The van der Waals surface area contributed by atoms with Gasteiger partial charge in [-0.2, -0.15) is 0 Å². The second-order valence-electron chi connectivity index (χ2n) is 9.96. The second-order valence-corrected chi connectivity index (χ2v) is 13.6. The molecule has 5 aromatic rings. The Morgan fingerprint density at radius 2 is 1.57 bits per heavy atom. The van der Waals surface area contributed by atoms with Crippen molar-refractivity contribution in [3.63, 3.8) is 0 Å². The van der Waals surface area contributed by atoms with E-state index in [-0.39, 0.29) is 17.7 Å². The summed E-state index contributed by atoms with van der Waals surface area (Å²) in [5.74, 6) is 1.18. The predicted octanol–water partition coefficient (Wildman–Crippen LogP) is 5.84. The summed E-state index contributed by atoms with van der Waals surface area (Å²) >= 11 is 0. The SMILES string of the molecule is O=C1CC(c2ccc(C[C@H](NS(=O)(=O)c3ccc(Oc4ccccc4)cc3)c3nc4ccccc4[nH]3)cc2)S(O)(O)N1. The van der Waals surface area contributed by atoms with Crippen molar-refractivity contribution in [2.24, 2.45) is 0 Å². The average Bonchev–Trinajstić information content (AvgIpc) is 3.53. The molecular formula is C30H28N4O6S2. The maximum absolute atomic E-state index is 13.5. The third-order valence-electron chi connectivity index (χ3n) is 6.97. The van der Waals surface area contributed by atoms with Crippen molar-refractivity contribution in [3.8, 4) is 11.5 Å². The van der Waals surface area contributed by atoms with E-state index in [0.717, 1.165) is 11.1 Å². The number of benzene rings is 4. The number of hydrogen-bond donors (Lipinski definition) is 5. The van der Waals surface area contributed by atoms with Crippen molar-refractivity contribution in [2.75, 3.05) is 0 Å². The molecule has 1 aliphatic heterocycles. The van der Waals surface area contributed by atoms with E-state index >= 15 is 0 Å². The Labute approximate surface area is 244 Å². The number of carbonyl (C=O) groups excluding carboxylic acids is 1. The Morgan fingerprint density at radius 3 is 2.24 bits per heavy atom. The van der Waals surface area contributed by atoms with Crippen LogP contribution in [-0.4, -0.2) is 33.4 Å². The van der Waals surface area contributed by atoms with Gasteiger partial charge in [-0.25, -0.2) is 18.1 Å². The van der Waals surface area contributed by atoms with Crippen LogP contribution >= 0.6 is 10.8 Å². The van der Waals surface area contributed by atoms with E-state index < -0.39 is 38.0 Å². The molecule has 42 heavy (non-hydrogen) atoms. The lowest BCUT2D eigenvalue weighted by molar-refractivity contribution is -0.118. The minimum atomic E-state index is -3.97. The molecule has 0 saturated carbocycles. The largest absolute Gasteiger partial charge is 0.457 e. The molecule has 12 heteroatoms. The summed E-state index contributed by atoms with van der Waals surface area (Å²) in [6.45, 7) is 0. The standard InChI is InChI=1S/C30H28N4O6S2/c35-29-19-28(42(38,39)34-29)21-12-10-20(11-13-21)18-27(30-31-25-8-4-5-9-26(25)32-30)33-41(36,37)24-16-14-23(15-17-24)40-22-6-2-1-3-7-22/h1-17,27-28,33,38-39H,18-19H2,(H,31,32)(H,34,35)/t27-,28?/m0/s1. The molecule has 1 saturated heterocycles. The van der Waals surface area contributed by atoms with E-state index in [1.165, 1.54) is 12.1 Å². The molecule has 6 rings (SSSR count). The topological polar surface area (TPSA) is 154 Å².